The number of hydrogen-bond acceptors (Lipinski definition) is 3. The molecule has 14 heavy (non-hydrogen) atoms. The van der Waals surface area contributed by atoms with Gasteiger partial charge in [-0.2, -0.15) is 5.10 Å². The molecule has 1 aliphatic heterocycles. The zero-order valence-corrected chi connectivity index (χ0v) is 8.48. The summed E-state index contributed by atoms with van der Waals surface area (Å²) in [5.41, 5.74) is 7.99. The molecular weight excluding hydrogens is 176 g/mol. The fourth-order valence-corrected chi connectivity index (χ4v) is 1.66. The maximum Gasteiger partial charge on any atom is 0.0521 e. The third-order valence-electron chi connectivity index (χ3n) is 2.64. The molecule has 4 heteroatoms. The molecule has 0 fully saturated rings. The van der Waals surface area contributed by atoms with E-state index in [1.54, 1.807) is 0 Å². The molecule has 4 nitrogen and oxygen atoms in total. The average Bonchev–Trinajstić information content (AvgIpc) is 2.56. The summed E-state index contributed by atoms with van der Waals surface area (Å²) < 4.78 is 1.92. The Bertz CT molecular complexity index is 340. The van der Waals surface area contributed by atoms with Gasteiger partial charge in [-0.05, 0) is 12.5 Å². The fraction of sp³-hybridized carbons (Fsp3) is 0.500. The van der Waals surface area contributed by atoms with E-state index >= 15 is 0 Å². The van der Waals surface area contributed by atoms with Crippen LogP contribution in [0.5, 0.6) is 0 Å². The van der Waals surface area contributed by atoms with Gasteiger partial charge in [0, 0.05) is 38.6 Å². The molecule has 2 N–H and O–H groups in total. The first kappa shape index (κ1) is 9.27. The van der Waals surface area contributed by atoms with E-state index in [1.807, 2.05) is 17.9 Å². The van der Waals surface area contributed by atoms with Crippen LogP contribution in [-0.2, 0) is 13.6 Å². The molecule has 1 aromatic rings. The van der Waals surface area contributed by atoms with Crippen molar-refractivity contribution in [3.8, 4) is 0 Å². The minimum absolute atomic E-state index is 0.955. The minimum Gasteiger partial charge on any atom is -0.402 e. The maximum atomic E-state index is 5.72. The Morgan fingerprint density at radius 1 is 1.57 bits per heavy atom. The van der Waals surface area contributed by atoms with Gasteiger partial charge in [-0.15, -0.1) is 0 Å². The quantitative estimate of drug-likeness (QED) is 0.741. The lowest BCUT2D eigenvalue weighted by Crippen LogP contribution is -2.30. The molecular formula is C10H16N4. The number of nitrogens with zero attached hydrogens (tertiary/aromatic N) is 3. The summed E-state index contributed by atoms with van der Waals surface area (Å²) in [6, 6.07) is 2.06. The van der Waals surface area contributed by atoms with Crippen molar-refractivity contribution in [3.05, 3.63) is 29.7 Å². The normalized spacial score (nSPS) is 18.2. The molecule has 0 amide bonds. The smallest absolute Gasteiger partial charge is 0.0521 e. The molecule has 0 spiro atoms. The third kappa shape index (κ3) is 1.96. The highest BCUT2D eigenvalue weighted by Gasteiger charge is 2.11. The summed E-state index contributed by atoms with van der Waals surface area (Å²) in [7, 11) is 1.98. The van der Waals surface area contributed by atoms with Crippen molar-refractivity contribution >= 4 is 0 Å². The predicted octanol–water partition coefficient (Wildman–Crippen LogP) is 0.468. The number of aromatic nitrogens is 2. The number of rotatable bonds is 2. The highest BCUT2D eigenvalue weighted by atomic mass is 15.3. The van der Waals surface area contributed by atoms with Crippen LogP contribution in [0.15, 0.2) is 24.0 Å². The molecule has 0 aliphatic carbocycles. The first-order chi connectivity index (χ1) is 6.75. The lowest BCUT2D eigenvalue weighted by molar-refractivity contribution is 0.277. The van der Waals surface area contributed by atoms with Crippen LogP contribution in [0.2, 0.25) is 0 Å². The van der Waals surface area contributed by atoms with E-state index in [9.17, 15) is 0 Å². The van der Waals surface area contributed by atoms with E-state index in [-0.39, 0.29) is 0 Å². The van der Waals surface area contributed by atoms with Crippen molar-refractivity contribution < 1.29 is 0 Å². The van der Waals surface area contributed by atoms with Gasteiger partial charge in [-0.3, -0.25) is 9.58 Å². The van der Waals surface area contributed by atoms with Crippen molar-refractivity contribution in [2.75, 3.05) is 13.1 Å². The third-order valence-corrected chi connectivity index (χ3v) is 2.64. The summed E-state index contributed by atoms with van der Waals surface area (Å²) in [5, 5.41) is 4.15. The Labute approximate surface area is 84.0 Å². The number of nitrogens with two attached hydrogens (primary N) is 1. The predicted molar refractivity (Wildman–Crippen MR) is 55.4 cm³/mol. The maximum absolute atomic E-state index is 5.72. The van der Waals surface area contributed by atoms with Gasteiger partial charge >= 0.3 is 0 Å². The van der Waals surface area contributed by atoms with Gasteiger partial charge in [0.2, 0.25) is 0 Å². The van der Waals surface area contributed by atoms with E-state index in [0.717, 1.165) is 31.8 Å². The first-order valence-electron chi connectivity index (χ1n) is 4.89. The largest absolute Gasteiger partial charge is 0.402 e. The van der Waals surface area contributed by atoms with Crippen LogP contribution >= 0.6 is 0 Å². The van der Waals surface area contributed by atoms with Gasteiger partial charge < -0.3 is 5.73 Å². The van der Waals surface area contributed by atoms with Gasteiger partial charge in [0.05, 0.1) is 5.69 Å². The molecule has 0 saturated carbocycles. The van der Waals surface area contributed by atoms with Crippen LogP contribution in [0.3, 0.4) is 0 Å². The van der Waals surface area contributed by atoms with E-state index in [1.165, 1.54) is 5.69 Å². The standard InChI is InChI=1S/C10H16N4/c1-13-10(2-5-12-13)8-14-6-3-9(11)4-7-14/h2-3,5H,4,6-8,11H2,1H3. The van der Waals surface area contributed by atoms with Gasteiger partial charge in [0.15, 0.2) is 0 Å². The van der Waals surface area contributed by atoms with Crippen molar-refractivity contribution in [1.29, 1.82) is 0 Å². The zero-order chi connectivity index (χ0) is 9.97. The topological polar surface area (TPSA) is 47.1 Å². The second-order valence-corrected chi connectivity index (χ2v) is 3.71. The molecule has 1 aliphatic rings. The Morgan fingerprint density at radius 3 is 3.00 bits per heavy atom. The Hall–Kier alpha value is -1.29. The van der Waals surface area contributed by atoms with Gasteiger partial charge in [-0.25, -0.2) is 0 Å². The number of aryl methyl sites for hydroxylation is 1. The van der Waals surface area contributed by atoms with E-state index in [0.29, 0.717) is 0 Å². The Balaban J connectivity index is 1.96. The monoisotopic (exact) mass is 192 g/mol. The van der Waals surface area contributed by atoms with Crippen LogP contribution in [-0.4, -0.2) is 27.8 Å². The highest BCUT2D eigenvalue weighted by Crippen LogP contribution is 2.09. The van der Waals surface area contributed by atoms with Crippen molar-refractivity contribution in [1.82, 2.24) is 14.7 Å². The summed E-state index contributed by atoms with van der Waals surface area (Å²) in [4.78, 5) is 2.37. The van der Waals surface area contributed by atoms with Gasteiger partial charge in [0.1, 0.15) is 0 Å². The average molecular weight is 192 g/mol. The van der Waals surface area contributed by atoms with Crippen LogP contribution < -0.4 is 5.73 Å². The van der Waals surface area contributed by atoms with Crippen LogP contribution in [0.25, 0.3) is 0 Å². The summed E-state index contributed by atoms with van der Waals surface area (Å²) in [5.74, 6) is 0. The molecule has 1 aromatic heterocycles. The SMILES string of the molecule is Cn1nccc1CN1CC=C(N)CC1. The van der Waals surface area contributed by atoms with E-state index in [2.05, 4.69) is 22.1 Å². The second-order valence-electron chi connectivity index (χ2n) is 3.71. The van der Waals surface area contributed by atoms with E-state index in [4.69, 9.17) is 5.73 Å². The molecule has 0 bridgehead atoms. The Kier molecular flexibility index (Phi) is 2.54. The van der Waals surface area contributed by atoms with Gasteiger partial charge in [0.25, 0.3) is 0 Å². The summed E-state index contributed by atoms with van der Waals surface area (Å²) in [6.07, 6.45) is 4.92. The van der Waals surface area contributed by atoms with Crippen LogP contribution in [0.1, 0.15) is 12.1 Å². The Morgan fingerprint density at radius 2 is 2.43 bits per heavy atom. The molecule has 0 aromatic carbocycles. The molecule has 0 saturated heterocycles. The van der Waals surface area contributed by atoms with Crippen LogP contribution in [0, 0.1) is 0 Å². The number of hydrogen-bond donors (Lipinski definition) is 1. The first-order valence-corrected chi connectivity index (χ1v) is 4.89. The fourth-order valence-electron chi connectivity index (χ4n) is 1.66. The molecule has 0 atom stereocenters. The van der Waals surface area contributed by atoms with Gasteiger partial charge in [-0.1, -0.05) is 6.08 Å². The molecule has 0 unspecified atom stereocenters. The summed E-state index contributed by atoms with van der Waals surface area (Å²) >= 11 is 0. The molecule has 2 heterocycles. The van der Waals surface area contributed by atoms with Crippen molar-refractivity contribution in [2.45, 2.75) is 13.0 Å². The van der Waals surface area contributed by atoms with Crippen molar-refractivity contribution in [3.63, 3.8) is 0 Å². The highest BCUT2D eigenvalue weighted by molar-refractivity contribution is 5.05. The van der Waals surface area contributed by atoms with Crippen LogP contribution in [0.4, 0.5) is 0 Å². The van der Waals surface area contributed by atoms with E-state index < -0.39 is 0 Å². The minimum atomic E-state index is 0.955. The summed E-state index contributed by atoms with van der Waals surface area (Å²) in [6.45, 7) is 2.96. The lowest BCUT2D eigenvalue weighted by Gasteiger charge is -2.24. The van der Waals surface area contributed by atoms with Crippen molar-refractivity contribution in [2.24, 2.45) is 12.8 Å². The second kappa shape index (κ2) is 3.84. The molecule has 76 valence electrons. The molecule has 0 radical (unpaired) electrons. The zero-order valence-electron chi connectivity index (χ0n) is 8.48. The molecule has 2 rings (SSSR count). The lowest BCUT2D eigenvalue weighted by atomic mass is 10.2.